The molecule has 0 aliphatic carbocycles. The summed E-state index contributed by atoms with van der Waals surface area (Å²) in [7, 11) is 0. The van der Waals surface area contributed by atoms with E-state index in [2.05, 4.69) is 15.2 Å². The monoisotopic (exact) mass is 253 g/mol. The normalized spacial score (nSPS) is 15.8. The molecule has 1 fully saturated rings. The number of halogens is 1. The molecule has 1 aromatic rings. The molecule has 2 heterocycles. The summed E-state index contributed by atoms with van der Waals surface area (Å²) in [5.41, 5.74) is -0.353. The van der Waals surface area contributed by atoms with Crippen molar-refractivity contribution in [1.29, 1.82) is 0 Å². The first-order chi connectivity index (χ1) is 8.68. The third-order valence-corrected chi connectivity index (χ3v) is 3.04. The molecule has 0 atom stereocenters. The zero-order valence-electron chi connectivity index (χ0n) is 10.0. The number of hydrogen-bond acceptors (Lipinski definition) is 4. The van der Waals surface area contributed by atoms with E-state index in [1.807, 2.05) is 0 Å². The quantitative estimate of drug-likeness (QED) is 0.831. The average molecular weight is 253 g/mol. The summed E-state index contributed by atoms with van der Waals surface area (Å²) < 4.78 is 13.7. The summed E-state index contributed by atoms with van der Waals surface area (Å²) in [6, 6.07) is 1.16. The SMILES string of the molecule is O=C(O)c1ccnc(NCCN2CCCC2)c1F. The second kappa shape index (κ2) is 5.77. The van der Waals surface area contributed by atoms with Crippen LogP contribution in [0.4, 0.5) is 10.2 Å². The number of aromatic nitrogens is 1. The Morgan fingerprint density at radius 2 is 2.22 bits per heavy atom. The van der Waals surface area contributed by atoms with E-state index >= 15 is 0 Å². The van der Waals surface area contributed by atoms with Crippen LogP contribution < -0.4 is 5.32 Å². The molecule has 18 heavy (non-hydrogen) atoms. The number of likely N-dealkylation sites (tertiary alicyclic amines) is 1. The van der Waals surface area contributed by atoms with Gasteiger partial charge in [0, 0.05) is 19.3 Å². The number of rotatable bonds is 5. The Bertz CT molecular complexity index is 433. The smallest absolute Gasteiger partial charge is 0.338 e. The molecule has 0 bridgehead atoms. The molecule has 2 N–H and O–H groups in total. The number of carboxylic acids is 1. The maximum absolute atomic E-state index is 13.7. The van der Waals surface area contributed by atoms with Crippen LogP contribution in [0.1, 0.15) is 23.2 Å². The molecule has 0 radical (unpaired) electrons. The summed E-state index contributed by atoms with van der Waals surface area (Å²) in [5.74, 6) is -2.07. The van der Waals surface area contributed by atoms with Crippen LogP contribution in [0.2, 0.25) is 0 Å². The molecule has 0 aromatic carbocycles. The number of pyridine rings is 1. The maximum atomic E-state index is 13.7. The van der Waals surface area contributed by atoms with Gasteiger partial charge in [0.1, 0.15) is 5.56 Å². The first-order valence-electron chi connectivity index (χ1n) is 6.02. The Kier molecular flexibility index (Phi) is 4.09. The van der Waals surface area contributed by atoms with E-state index in [-0.39, 0.29) is 11.4 Å². The summed E-state index contributed by atoms with van der Waals surface area (Å²) >= 11 is 0. The highest BCUT2D eigenvalue weighted by Gasteiger charge is 2.15. The van der Waals surface area contributed by atoms with Gasteiger partial charge >= 0.3 is 5.97 Å². The number of anilines is 1. The number of carboxylic acid groups (broad SMARTS) is 1. The van der Waals surface area contributed by atoms with E-state index in [0.717, 1.165) is 25.7 Å². The molecule has 1 aliphatic rings. The van der Waals surface area contributed by atoms with Crippen molar-refractivity contribution in [3.05, 3.63) is 23.6 Å². The first-order valence-corrected chi connectivity index (χ1v) is 6.02. The van der Waals surface area contributed by atoms with Crippen molar-refractivity contribution < 1.29 is 14.3 Å². The Labute approximate surface area is 105 Å². The van der Waals surface area contributed by atoms with Gasteiger partial charge in [0.15, 0.2) is 11.6 Å². The van der Waals surface area contributed by atoms with Gasteiger partial charge in [0.25, 0.3) is 0 Å². The minimum Gasteiger partial charge on any atom is -0.478 e. The highest BCUT2D eigenvalue weighted by molar-refractivity contribution is 5.88. The highest BCUT2D eigenvalue weighted by atomic mass is 19.1. The van der Waals surface area contributed by atoms with Gasteiger partial charge in [-0.2, -0.15) is 0 Å². The minimum atomic E-state index is -1.28. The molecule has 0 unspecified atom stereocenters. The molecule has 0 spiro atoms. The fraction of sp³-hybridized carbons (Fsp3) is 0.500. The molecule has 1 aromatic heterocycles. The van der Waals surface area contributed by atoms with Crippen molar-refractivity contribution >= 4 is 11.8 Å². The lowest BCUT2D eigenvalue weighted by atomic mass is 10.2. The predicted molar refractivity (Wildman–Crippen MR) is 65.3 cm³/mol. The molecule has 1 saturated heterocycles. The zero-order valence-corrected chi connectivity index (χ0v) is 10.0. The Balaban J connectivity index is 1.92. The predicted octanol–water partition coefficient (Wildman–Crippen LogP) is 1.43. The fourth-order valence-corrected chi connectivity index (χ4v) is 2.07. The van der Waals surface area contributed by atoms with E-state index in [0.29, 0.717) is 6.54 Å². The molecule has 0 saturated carbocycles. The highest BCUT2D eigenvalue weighted by Crippen LogP contribution is 2.15. The van der Waals surface area contributed by atoms with Crippen LogP contribution in [-0.2, 0) is 0 Å². The molecule has 98 valence electrons. The van der Waals surface area contributed by atoms with E-state index in [1.165, 1.54) is 19.0 Å². The number of nitrogens with zero attached hydrogens (tertiary/aromatic N) is 2. The molecule has 1 aliphatic heterocycles. The second-order valence-electron chi connectivity index (χ2n) is 4.30. The van der Waals surface area contributed by atoms with Crippen molar-refractivity contribution in [2.45, 2.75) is 12.8 Å². The number of nitrogens with one attached hydrogen (secondary N) is 1. The van der Waals surface area contributed by atoms with Crippen LogP contribution in [0.25, 0.3) is 0 Å². The van der Waals surface area contributed by atoms with Gasteiger partial charge in [0.2, 0.25) is 0 Å². The Morgan fingerprint density at radius 3 is 2.89 bits per heavy atom. The van der Waals surface area contributed by atoms with Crippen LogP contribution in [0.3, 0.4) is 0 Å². The number of hydrogen-bond donors (Lipinski definition) is 2. The van der Waals surface area contributed by atoms with Crippen LogP contribution >= 0.6 is 0 Å². The number of carbonyl (C=O) groups is 1. The molecular formula is C12H16FN3O2. The molecule has 5 nitrogen and oxygen atoms in total. The lowest BCUT2D eigenvalue weighted by Gasteiger charge is -2.15. The van der Waals surface area contributed by atoms with Crippen molar-refractivity contribution in [2.75, 3.05) is 31.5 Å². The Hall–Kier alpha value is -1.69. The third-order valence-electron chi connectivity index (χ3n) is 3.04. The minimum absolute atomic E-state index is 0.00842. The van der Waals surface area contributed by atoms with Crippen LogP contribution in [0.15, 0.2) is 12.3 Å². The summed E-state index contributed by atoms with van der Waals surface area (Å²) in [6.45, 7) is 3.53. The van der Waals surface area contributed by atoms with Gasteiger partial charge in [-0.25, -0.2) is 14.2 Å². The van der Waals surface area contributed by atoms with E-state index in [9.17, 15) is 9.18 Å². The van der Waals surface area contributed by atoms with Crippen molar-refractivity contribution in [2.24, 2.45) is 0 Å². The van der Waals surface area contributed by atoms with Crippen molar-refractivity contribution in [3.63, 3.8) is 0 Å². The number of aromatic carboxylic acids is 1. The van der Waals surface area contributed by atoms with Gasteiger partial charge in [-0.3, -0.25) is 0 Å². The lowest BCUT2D eigenvalue weighted by Crippen LogP contribution is -2.26. The summed E-state index contributed by atoms with van der Waals surface area (Å²) in [4.78, 5) is 16.9. The van der Waals surface area contributed by atoms with Gasteiger partial charge in [-0.05, 0) is 32.0 Å². The summed E-state index contributed by atoms with van der Waals surface area (Å²) in [6.07, 6.45) is 3.72. The van der Waals surface area contributed by atoms with Gasteiger partial charge in [-0.15, -0.1) is 0 Å². The second-order valence-corrected chi connectivity index (χ2v) is 4.30. The fourth-order valence-electron chi connectivity index (χ4n) is 2.07. The van der Waals surface area contributed by atoms with E-state index in [1.54, 1.807) is 0 Å². The van der Waals surface area contributed by atoms with Crippen LogP contribution in [0.5, 0.6) is 0 Å². The third kappa shape index (κ3) is 2.95. The standard InChI is InChI=1S/C12H16FN3O2/c13-10-9(12(17)18)3-4-14-11(10)15-5-8-16-6-1-2-7-16/h3-4H,1-2,5-8H2,(H,14,15)(H,17,18). The van der Waals surface area contributed by atoms with E-state index in [4.69, 9.17) is 5.11 Å². The molecule has 6 heteroatoms. The molecular weight excluding hydrogens is 237 g/mol. The van der Waals surface area contributed by atoms with Gasteiger partial charge in [0.05, 0.1) is 0 Å². The first kappa shape index (κ1) is 12.8. The Morgan fingerprint density at radius 1 is 1.50 bits per heavy atom. The molecule has 0 amide bonds. The maximum Gasteiger partial charge on any atom is 0.338 e. The molecule has 2 rings (SSSR count). The van der Waals surface area contributed by atoms with Crippen molar-refractivity contribution in [3.8, 4) is 0 Å². The summed E-state index contributed by atoms with van der Waals surface area (Å²) in [5, 5.41) is 11.6. The van der Waals surface area contributed by atoms with Gasteiger partial charge in [-0.1, -0.05) is 0 Å². The van der Waals surface area contributed by atoms with Crippen LogP contribution in [-0.4, -0.2) is 47.1 Å². The topological polar surface area (TPSA) is 65.5 Å². The largest absolute Gasteiger partial charge is 0.478 e. The van der Waals surface area contributed by atoms with Crippen LogP contribution in [0, 0.1) is 5.82 Å². The lowest BCUT2D eigenvalue weighted by molar-refractivity contribution is 0.0692. The van der Waals surface area contributed by atoms with E-state index < -0.39 is 11.8 Å². The van der Waals surface area contributed by atoms with Gasteiger partial charge < -0.3 is 15.3 Å². The van der Waals surface area contributed by atoms with Crippen molar-refractivity contribution in [1.82, 2.24) is 9.88 Å². The average Bonchev–Trinajstić information content (AvgIpc) is 2.84. The zero-order chi connectivity index (χ0) is 13.0.